The summed E-state index contributed by atoms with van der Waals surface area (Å²) in [5.41, 5.74) is 2.80. The minimum atomic E-state index is -1.59. The molecule has 13 heavy (non-hydrogen) atoms. The van der Waals surface area contributed by atoms with Crippen LogP contribution >= 0.6 is 0 Å². The minimum Gasteiger partial charge on any atom is -0.298 e. The third kappa shape index (κ3) is 1.95. The topological polar surface area (TPSA) is 17.1 Å². The number of aldehydes is 1. The van der Waals surface area contributed by atoms with Crippen molar-refractivity contribution >= 4 is 19.5 Å². The fourth-order valence-corrected chi connectivity index (χ4v) is 2.93. The first-order valence-corrected chi connectivity index (χ1v) is 7.38. The predicted molar refractivity (Wildman–Crippen MR) is 59.1 cm³/mol. The summed E-state index contributed by atoms with van der Waals surface area (Å²) >= 11 is 0. The summed E-state index contributed by atoms with van der Waals surface area (Å²) in [5, 5.41) is 1.17. The maximum Gasteiger partial charge on any atom is 0.149 e. The number of carbonyl (C=O) groups is 1. The molecule has 0 bridgehead atoms. The molecule has 1 nitrogen and oxygen atoms in total. The molecule has 0 N–H and O–H groups in total. The van der Waals surface area contributed by atoms with Gasteiger partial charge >= 0.3 is 0 Å². The van der Waals surface area contributed by atoms with Crippen LogP contribution in [0.25, 0.3) is 0 Å². The predicted octanol–water partition coefficient (Wildman–Crippen LogP) is 2.14. The summed E-state index contributed by atoms with van der Waals surface area (Å²) < 4.78 is 0. The molecule has 0 unspecified atom stereocenters. The molecule has 2 heteroatoms. The van der Waals surface area contributed by atoms with Gasteiger partial charge in [-0.3, -0.25) is 4.79 Å². The lowest BCUT2D eigenvalue weighted by Crippen LogP contribution is -2.41. The summed E-state index contributed by atoms with van der Waals surface area (Å²) in [7, 11) is -1.59. The summed E-state index contributed by atoms with van der Waals surface area (Å²) in [5.74, 6) is 0. The minimum absolute atomic E-state index is 0.805. The Kier molecular flexibility index (Phi) is 2.83. The molecule has 0 saturated heterocycles. The molecule has 0 fully saturated rings. The molecule has 0 atom stereocenters. The quantitative estimate of drug-likeness (QED) is 0.527. The van der Waals surface area contributed by atoms with Gasteiger partial charge in [0, 0.05) is 5.56 Å². The van der Waals surface area contributed by atoms with Gasteiger partial charge in [0.05, 0.1) is 0 Å². The molecule has 0 amide bonds. The summed E-state index contributed by atoms with van der Waals surface area (Å²) in [6.07, 6.45) is 0.924. The Labute approximate surface area is 80.1 Å². The molecule has 1 rings (SSSR count). The van der Waals surface area contributed by atoms with Crippen LogP contribution in [0, 0.1) is 0 Å². The van der Waals surface area contributed by atoms with Crippen LogP contribution in [0.3, 0.4) is 0 Å². The lowest BCUT2D eigenvalue weighted by atomic mass is 10.2. The second-order valence-corrected chi connectivity index (χ2v) is 8.02. The standard InChI is InChI=1S/C11H14OSi/c1-4-13(2,3)11-8-6-5-7-10(11)9-12/h4-9H,1H2,2-3H3. The Morgan fingerprint density at radius 2 is 1.92 bits per heavy atom. The Balaban J connectivity index is 3.27. The smallest absolute Gasteiger partial charge is 0.149 e. The lowest BCUT2D eigenvalue weighted by molar-refractivity contribution is 0.112. The van der Waals surface area contributed by atoms with Crippen LogP contribution in [-0.4, -0.2) is 14.4 Å². The van der Waals surface area contributed by atoms with Crippen molar-refractivity contribution in [1.82, 2.24) is 0 Å². The van der Waals surface area contributed by atoms with Gasteiger partial charge in [0.25, 0.3) is 0 Å². The van der Waals surface area contributed by atoms with E-state index in [1.54, 1.807) is 0 Å². The van der Waals surface area contributed by atoms with Crippen LogP contribution in [0.1, 0.15) is 10.4 Å². The summed E-state index contributed by atoms with van der Waals surface area (Å²) in [6, 6.07) is 7.75. The molecule has 0 heterocycles. The van der Waals surface area contributed by atoms with E-state index in [4.69, 9.17) is 0 Å². The van der Waals surface area contributed by atoms with E-state index in [1.807, 2.05) is 30.0 Å². The monoisotopic (exact) mass is 190 g/mol. The highest BCUT2D eigenvalue weighted by Gasteiger charge is 2.21. The highest BCUT2D eigenvalue weighted by molar-refractivity contribution is 6.94. The molecule has 0 radical (unpaired) electrons. The normalized spacial score (nSPS) is 10.9. The van der Waals surface area contributed by atoms with Gasteiger partial charge in [0.1, 0.15) is 14.4 Å². The molecule has 0 aromatic heterocycles. The van der Waals surface area contributed by atoms with E-state index in [1.165, 1.54) is 5.19 Å². The van der Waals surface area contributed by atoms with Crippen molar-refractivity contribution < 1.29 is 4.79 Å². The van der Waals surface area contributed by atoms with E-state index in [0.717, 1.165) is 11.8 Å². The fourth-order valence-electron chi connectivity index (χ4n) is 1.30. The van der Waals surface area contributed by atoms with Gasteiger partial charge in [0.15, 0.2) is 0 Å². The maximum atomic E-state index is 10.8. The SMILES string of the molecule is C=C[Si](C)(C)c1ccccc1C=O. The second kappa shape index (κ2) is 3.71. The first-order valence-electron chi connectivity index (χ1n) is 4.30. The van der Waals surface area contributed by atoms with E-state index >= 15 is 0 Å². The number of rotatable bonds is 3. The zero-order chi connectivity index (χ0) is 9.90. The molecule has 0 spiro atoms. The van der Waals surface area contributed by atoms with E-state index in [-0.39, 0.29) is 0 Å². The summed E-state index contributed by atoms with van der Waals surface area (Å²) in [4.78, 5) is 10.8. The van der Waals surface area contributed by atoms with Gasteiger partial charge in [0.2, 0.25) is 0 Å². The highest BCUT2D eigenvalue weighted by atomic mass is 28.3. The molecule has 0 aliphatic carbocycles. The van der Waals surface area contributed by atoms with Crippen LogP contribution in [0.2, 0.25) is 13.1 Å². The number of hydrogen-bond donors (Lipinski definition) is 0. The Hall–Kier alpha value is -1.15. The van der Waals surface area contributed by atoms with E-state index in [2.05, 4.69) is 19.7 Å². The first-order chi connectivity index (χ1) is 6.11. The Morgan fingerprint density at radius 1 is 1.31 bits per heavy atom. The molecule has 0 aliphatic heterocycles. The number of carbonyl (C=O) groups excluding carboxylic acids is 1. The maximum absolute atomic E-state index is 10.8. The molecular formula is C11H14OSi. The highest BCUT2D eigenvalue weighted by Crippen LogP contribution is 2.06. The van der Waals surface area contributed by atoms with E-state index in [0.29, 0.717) is 0 Å². The van der Waals surface area contributed by atoms with Crippen LogP contribution in [0.4, 0.5) is 0 Å². The molecule has 1 aromatic rings. The zero-order valence-electron chi connectivity index (χ0n) is 8.08. The van der Waals surface area contributed by atoms with Gasteiger partial charge in [-0.25, -0.2) is 0 Å². The number of benzene rings is 1. The lowest BCUT2D eigenvalue weighted by Gasteiger charge is -2.19. The molecule has 68 valence electrons. The summed E-state index contributed by atoms with van der Waals surface area (Å²) in [6.45, 7) is 8.20. The third-order valence-electron chi connectivity index (χ3n) is 2.29. The van der Waals surface area contributed by atoms with E-state index in [9.17, 15) is 4.79 Å². The zero-order valence-corrected chi connectivity index (χ0v) is 9.08. The van der Waals surface area contributed by atoms with Crippen LogP contribution in [-0.2, 0) is 0 Å². The third-order valence-corrected chi connectivity index (χ3v) is 5.16. The van der Waals surface area contributed by atoms with Crippen molar-refractivity contribution in [3.05, 3.63) is 42.1 Å². The Bertz CT molecular complexity index is 329. The van der Waals surface area contributed by atoms with Crippen molar-refractivity contribution in [1.29, 1.82) is 0 Å². The average molecular weight is 190 g/mol. The average Bonchev–Trinajstić information content (AvgIpc) is 2.18. The molecule has 0 aliphatic rings. The van der Waals surface area contributed by atoms with Crippen LogP contribution in [0.15, 0.2) is 36.5 Å². The van der Waals surface area contributed by atoms with Gasteiger partial charge < -0.3 is 0 Å². The van der Waals surface area contributed by atoms with Crippen molar-refractivity contribution in [2.24, 2.45) is 0 Å². The van der Waals surface area contributed by atoms with Crippen molar-refractivity contribution in [3.63, 3.8) is 0 Å². The van der Waals surface area contributed by atoms with Gasteiger partial charge in [-0.15, -0.1) is 6.58 Å². The van der Waals surface area contributed by atoms with E-state index < -0.39 is 8.07 Å². The largest absolute Gasteiger partial charge is 0.298 e. The van der Waals surface area contributed by atoms with Crippen LogP contribution < -0.4 is 5.19 Å². The Morgan fingerprint density at radius 3 is 2.46 bits per heavy atom. The van der Waals surface area contributed by atoms with Crippen molar-refractivity contribution in [2.75, 3.05) is 0 Å². The number of hydrogen-bond acceptors (Lipinski definition) is 1. The van der Waals surface area contributed by atoms with Gasteiger partial charge in [-0.05, 0) is 5.19 Å². The van der Waals surface area contributed by atoms with Crippen molar-refractivity contribution in [3.8, 4) is 0 Å². The molecule has 0 saturated carbocycles. The first kappa shape index (κ1) is 9.93. The van der Waals surface area contributed by atoms with Crippen LogP contribution in [0.5, 0.6) is 0 Å². The second-order valence-electron chi connectivity index (χ2n) is 3.63. The molecule has 1 aromatic carbocycles. The van der Waals surface area contributed by atoms with Gasteiger partial charge in [-0.1, -0.05) is 43.1 Å². The molecular weight excluding hydrogens is 176 g/mol. The van der Waals surface area contributed by atoms with Gasteiger partial charge in [-0.2, -0.15) is 0 Å². The van der Waals surface area contributed by atoms with Crippen molar-refractivity contribution in [2.45, 2.75) is 13.1 Å². The fraction of sp³-hybridized carbons (Fsp3) is 0.182.